The molecular formula is C10H19KN2Na2O11. The van der Waals surface area contributed by atoms with Gasteiger partial charge in [0.1, 0.15) is 0 Å². The van der Waals surface area contributed by atoms with Crippen molar-refractivity contribution in [2.75, 3.05) is 39.3 Å². The van der Waals surface area contributed by atoms with Crippen LogP contribution in [0, 0.1) is 0 Å². The van der Waals surface area contributed by atoms with Crippen molar-refractivity contribution in [1.82, 2.24) is 9.80 Å². The van der Waals surface area contributed by atoms with Crippen molar-refractivity contribution in [1.29, 1.82) is 0 Å². The summed E-state index contributed by atoms with van der Waals surface area (Å²) in [6.45, 7) is -2.25. The van der Waals surface area contributed by atoms with E-state index in [9.17, 15) is 19.2 Å². The van der Waals surface area contributed by atoms with E-state index in [2.05, 4.69) is 0 Å². The Morgan fingerprint density at radius 2 is 0.692 bits per heavy atom. The number of aliphatic carboxylic acids is 4. The Labute approximate surface area is 236 Å². The van der Waals surface area contributed by atoms with Crippen LogP contribution in [0.15, 0.2) is 0 Å². The van der Waals surface area contributed by atoms with Gasteiger partial charge in [-0.15, -0.1) is 0 Å². The topological polar surface area (TPSA) is 246 Å². The van der Waals surface area contributed by atoms with Crippen LogP contribution >= 0.6 is 0 Å². The first-order chi connectivity index (χ1) is 9.20. The first-order valence-electron chi connectivity index (χ1n) is 5.52. The molecule has 0 atom stereocenters. The summed E-state index contributed by atoms with van der Waals surface area (Å²) in [6.07, 6.45) is 0. The monoisotopic (exact) mass is 428 g/mol. The van der Waals surface area contributed by atoms with Gasteiger partial charge in [-0.25, -0.2) is 0 Å². The van der Waals surface area contributed by atoms with Gasteiger partial charge in [-0.05, 0) is 0 Å². The van der Waals surface area contributed by atoms with Crippen molar-refractivity contribution in [3.63, 3.8) is 0 Å². The summed E-state index contributed by atoms with van der Waals surface area (Å²) in [5.74, 6) is -4.91. The summed E-state index contributed by atoms with van der Waals surface area (Å²) in [5.41, 5.74) is 0. The van der Waals surface area contributed by atoms with Gasteiger partial charge in [0.25, 0.3) is 0 Å². The Balaban J connectivity index is -0.000000120. The molecule has 0 aromatic rings. The third-order valence-electron chi connectivity index (χ3n) is 2.17. The van der Waals surface area contributed by atoms with Crippen LogP contribution in [0.3, 0.4) is 0 Å². The second-order valence-electron chi connectivity index (χ2n) is 4.00. The number of nitrogens with zero attached hydrogens (tertiary/aromatic N) is 2. The summed E-state index contributed by atoms with van der Waals surface area (Å²) in [7, 11) is 0. The Morgan fingerprint density at radius 1 is 0.538 bits per heavy atom. The van der Waals surface area contributed by atoms with Crippen LogP contribution in [0.25, 0.3) is 0 Å². The van der Waals surface area contributed by atoms with E-state index < -0.39 is 50.1 Å². The standard InChI is InChI=1S/C10H16N2O8.K.2Na.3H2O/c13-7(14)3-11(4-8(15)16)1-2-12(5-9(17)18)6-10(19)20;;;;;;/h1-6H2,(H,13,14)(H,15,16)(H,17,18)(H,19,20);;;;3*1H2/q;3*+1;;;/p-3. The normalized spacial score (nSPS) is 8.23. The Bertz CT molecular complexity index is 335. The molecule has 0 spiro atoms. The zero-order chi connectivity index (χ0) is 15.7. The van der Waals surface area contributed by atoms with Crippen LogP contribution in [0.4, 0.5) is 0 Å². The molecule has 0 unspecified atom stereocenters. The molecule has 0 saturated carbocycles. The van der Waals surface area contributed by atoms with Crippen LogP contribution in [0.2, 0.25) is 0 Å². The summed E-state index contributed by atoms with van der Waals surface area (Å²) in [4.78, 5) is 44.4. The molecule has 0 saturated heterocycles. The zero-order valence-electron chi connectivity index (χ0n) is 14.9. The summed E-state index contributed by atoms with van der Waals surface area (Å²) in [6, 6.07) is 0. The van der Waals surface area contributed by atoms with Gasteiger partial charge in [0, 0.05) is 13.1 Å². The first kappa shape index (κ1) is 45.8. The molecule has 0 aliphatic carbocycles. The molecule has 0 fully saturated rings. The SMILES string of the molecule is O=C(O)CN(CCN(CC(=O)O)CC(=O)O)CC(=O)O.[K+].[Na+].[Na+].[OH-].[OH-].[OH-]. The molecule has 0 heterocycles. The van der Waals surface area contributed by atoms with Crippen LogP contribution in [-0.4, -0.2) is 110 Å². The van der Waals surface area contributed by atoms with E-state index in [1.807, 2.05) is 0 Å². The molecule has 0 rings (SSSR count). The fraction of sp³-hybridized carbons (Fsp3) is 0.600. The molecule has 26 heavy (non-hydrogen) atoms. The molecular weight excluding hydrogens is 409 g/mol. The Morgan fingerprint density at radius 3 is 0.808 bits per heavy atom. The maximum absolute atomic E-state index is 10.6. The molecule has 0 radical (unpaired) electrons. The van der Waals surface area contributed by atoms with Crippen molar-refractivity contribution in [2.24, 2.45) is 0 Å². The minimum atomic E-state index is -1.23. The summed E-state index contributed by atoms with van der Waals surface area (Å²) in [5, 5.41) is 34.5. The fourth-order valence-electron chi connectivity index (χ4n) is 1.48. The average Bonchev–Trinajstić information content (AvgIpc) is 2.22. The van der Waals surface area contributed by atoms with E-state index in [-0.39, 0.29) is 140 Å². The smallest absolute Gasteiger partial charge is 0.870 e. The van der Waals surface area contributed by atoms with E-state index in [1.54, 1.807) is 0 Å². The van der Waals surface area contributed by atoms with Gasteiger partial charge in [0.2, 0.25) is 0 Å². The molecule has 13 nitrogen and oxygen atoms in total. The van der Waals surface area contributed by atoms with E-state index in [4.69, 9.17) is 20.4 Å². The predicted molar refractivity (Wildman–Crippen MR) is 69.2 cm³/mol. The second kappa shape index (κ2) is 26.3. The van der Waals surface area contributed by atoms with Crippen LogP contribution in [0.5, 0.6) is 0 Å². The van der Waals surface area contributed by atoms with Crippen molar-refractivity contribution in [2.45, 2.75) is 0 Å². The number of carboxylic acids is 4. The van der Waals surface area contributed by atoms with E-state index in [0.29, 0.717) is 0 Å². The maximum Gasteiger partial charge on any atom is 1.00 e. The average molecular weight is 428 g/mol. The molecule has 138 valence electrons. The number of hydrogen-bond donors (Lipinski definition) is 4. The van der Waals surface area contributed by atoms with Gasteiger partial charge in [-0.3, -0.25) is 29.0 Å². The van der Waals surface area contributed by atoms with Crippen molar-refractivity contribution in [3.05, 3.63) is 0 Å². The third-order valence-corrected chi connectivity index (χ3v) is 2.17. The largest absolute Gasteiger partial charge is 1.00 e. The molecule has 7 N–H and O–H groups in total. The van der Waals surface area contributed by atoms with Crippen molar-refractivity contribution < 1.29 is 167 Å². The number of hydrogen-bond acceptors (Lipinski definition) is 9. The van der Waals surface area contributed by atoms with Crippen LogP contribution in [0.1, 0.15) is 0 Å². The Hall–Kier alpha value is 1.32. The van der Waals surface area contributed by atoms with Gasteiger partial charge in [-0.2, -0.15) is 0 Å². The molecule has 0 aliphatic rings. The fourth-order valence-corrected chi connectivity index (χ4v) is 1.48. The van der Waals surface area contributed by atoms with Crippen molar-refractivity contribution in [3.8, 4) is 0 Å². The predicted octanol–water partition coefficient (Wildman–Crippen LogP) is -11.6. The van der Waals surface area contributed by atoms with Gasteiger partial charge < -0.3 is 36.9 Å². The first-order valence-corrected chi connectivity index (χ1v) is 5.52. The van der Waals surface area contributed by atoms with Gasteiger partial charge in [0.15, 0.2) is 0 Å². The summed E-state index contributed by atoms with van der Waals surface area (Å²) >= 11 is 0. The van der Waals surface area contributed by atoms with Crippen molar-refractivity contribution >= 4 is 23.9 Å². The van der Waals surface area contributed by atoms with Crippen LogP contribution < -0.4 is 110 Å². The molecule has 0 aromatic heterocycles. The third kappa shape index (κ3) is 30.1. The van der Waals surface area contributed by atoms with Gasteiger partial charge >= 0.3 is 134 Å². The van der Waals surface area contributed by atoms with Gasteiger partial charge in [0.05, 0.1) is 26.2 Å². The minimum Gasteiger partial charge on any atom is -0.870 e. The minimum absolute atomic E-state index is 0. The molecule has 0 bridgehead atoms. The number of carbonyl (C=O) groups is 4. The number of carboxylic acid groups (broad SMARTS) is 4. The molecule has 0 amide bonds. The molecule has 16 heteroatoms. The Kier molecular flexibility index (Phi) is 46.4. The molecule has 0 aromatic carbocycles. The zero-order valence-corrected chi connectivity index (χ0v) is 22.0. The molecule has 0 aliphatic heterocycles. The van der Waals surface area contributed by atoms with E-state index in [1.165, 1.54) is 0 Å². The van der Waals surface area contributed by atoms with Gasteiger partial charge in [-0.1, -0.05) is 0 Å². The van der Waals surface area contributed by atoms with E-state index in [0.717, 1.165) is 9.80 Å². The summed E-state index contributed by atoms with van der Waals surface area (Å²) < 4.78 is 0. The van der Waals surface area contributed by atoms with Crippen LogP contribution in [-0.2, 0) is 19.2 Å². The van der Waals surface area contributed by atoms with E-state index >= 15 is 0 Å². The maximum atomic E-state index is 10.6. The second-order valence-corrected chi connectivity index (χ2v) is 4.00. The quantitative estimate of drug-likeness (QED) is 0.223. The number of rotatable bonds is 11.